The molecule has 2 aromatic carbocycles. The molecule has 2 aliphatic heterocycles. The maximum absolute atomic E-state index is 15.1. The summed E-state index contributed by atoms with van der Waals surface area (Å²) in [5.74, 6) is -0.432. The second-order valence-corrected chi connectivity index (χ2v) is 11.1. The van der Waals surface area contributed by atoms with Gasteiger partial charge in [-0.2, -0.15) is 0 Å². The molecule has 188 valence electrons. The minimum absolute atomic E-state index is 0.0456. The lowest BCUT2D eigenvalue weighted by atomic mass is 9.84. The second kappa shape index (κ2) is 9.23. The Morgan fingerprint density at radius 2 is 1.97 bits per heavy atom. The van der Waals surface area contributed by atoms with E-state index in [0.717, 1.165) is 41.1 Å². The predicted molar refractivity (Wildman–Crippen MR) is 140 cm³/mol. The number of benzene rings is 2. The summed E-state index contributed by atoms with van der Waals surface area (Å²) in [5, 5.41) is 17.3. The normalized spacial score (nSPS) is 19.2. The Morgan fingerprint density at radius 1 is 1.19 bits per heavy atom. The third-order valence-electron chi connectivity index (χ3n) is 7.62. The molecule has 3 N–H and O–H groups in total. The highest BCUT2D eigenvalue weighted by Crippen LogP contribution is 2.35. The van der Waals surface area contributed by atoms with Gasteiger partial charge in [0, 0.05) is 23.4 Å². The smallest absolute Gasteiger partial charge is 0.251 e. The van der Waals surface area contributed by atoms with Crippen LogP contribution in [-0.4, -0.2) is 64.6 Å². The van der Waals surface area contributed by atoms with E-state index in [4.69, 9.17) is 0 Å². The van der Waals surface area contributed by atoms with Crippen molar-refractivity contribution in [2.45, 2.75) is 37.3 Å². The quantitative estimate of drug-likeness (QED) is 0.392. The summed E-state index contributed by atoms with van der Waals surface area (Å²) < 4.78 is 18.1. The number of hydrogen-bond acceptors (Lipinski definition) is 6. The van der Waals surface area contributed by atoms with Crippen molar-refractivity contribution in [3.63, 3.8) is 0 Å². The lowest BCUT2D eigenvalue weighted by Gasteiger charge is -2.33. The number of aromatic nitrogens is 2. The van der Waals surface area contributed by atoms with E-state index in [1.54, 1.807) is 6.07 Å². The van der Waals surface area contributed by atoms with Gasteiger partial charge in [0.15, 0.2) is 4.96 Å². The molecule has 0 radical (unpaired) electrons. The average molecular weight is 508 g/mol. The largest absolute Gasteiger partial charge is 0.385 e. The zero-order valence-electron chi connectivity index (χ0n) is 20.3. The van der Waals surface area contributed by atoms with Gasteiger partial charge < -0.3 is 20.6 Å². The van der Waals surface area contributed by atoms with Gasteiger partial charge in [-0.1, -0.05) is 17.4 Å². The fourth-order valence-corrected chi connectivity index (χ4v) is 6.38. The van der Waals surface area contributed by atoms with E-state index in [9.17, 15) is 9.90 Å². The Hall–Kier alpha value is -2.85. The Labute approximate surface area is 212 Å². The summed E-state index contributed by atoms with van der Waals surface area (Å²) in [6.45, 7) is 3.42. The summed E-state index contributed by atoms with van der Waals surface area (Å²) in [7, 11) is 2.10. The van der Waals surface area contributed by atoms with Gasteiger partial charge in [-0.3, -0.25) is 9.20 Å². The molecule has 6 rings (SSSR count). The van der Waals surface area contributed by atoms with E-state index >= 15 is 4.39 Å². The Bertz CT molecular complexity index is 1430. The highest BCUT2D eigenvalue weighted by molar-refractivity contribution is 7.23. The number of nitrogens with one attached hydrogen (secondary N) is 2. The van der Waals surface area contributed by atoms with Crippen LogP contribution in [0.1, 0.15) is 41.6 Å². The minimum Gasteiger partial charge on any atom is -0.385 e. The Morgan fingerprint density at radius 3 is 2.72 bits per heavy atom. The lowest BCUT2D eigenvalue weighted by molar-refractivity contribution is 0.00569. The SMILES string of the molecule is CN1CCC(NC(=O)c2ccc3c(c2)sc2nc(-c4ccc(C5(O)CCNCC5)cc4F)cn23)CC1. The highest BCUT2D eigenvalue weighted by Gasteiger charge is 2.32. The molecule has 0 unspecified atom stereocenters. The maximum Gasteiger partial charge on any atom is 0.251 e. The zero-order chi connectivity index (χ0) is 24.9. The van der Waals surface area contributed by atoms with E-state index in [1.165, 1.54) is 17.4 Å². The van der Waals surface area contributed by atoms with Crippen molar-refractivity contribution < 1.29 is 14.3 Å². The third-order valence-corrected chi connectivity index (χ3v) is 8.64. The molecule has 9 heteroatoms. The number of thiazole rings is 1. The number of carbonyl (C=O) groups is 1. The molecule has 0 bridgehead atoms. The van der Waals surface area contributed by atoms with Crippen molar-refractivity contribution >= 4 is 32.4 Å². The first kappa shape index (κ1) is 23.5. The fourth-order valence-electron chi connectivity index (χ4n) is 5.34. The van der Waals surface area contributed by atoms with Crippen molar-refractivity contribution in [1.29, 1.82) is 0 Å². The first-order valence-electron chi connectivity index (χ1n) is 12.5. The highest BCUT2D eigenvalue weighted by atomic mass is 32.1. The first-order chi connectivity index (χ1) is 17.4. The Balaban J connectivity index is 1.24. The van der Waals surface area contributed by atoms with Crippen LogP contribution in [0.25, 0.3) is 26.4 Å². The van der Waals surface area contributed by atoms with Crippen molar-refractivity contribution in [2.75, 3.05) is 33.2 Å². The van der Waals surface area contributed by atoms with E-state index < -0.39 is 5.60 Å². The van der Waals surface area contributed by atoms with Gasteiger partial charge >= 0.3 is 0 Å². The second-order valence-electron chi connectivity index (χ2n) is 10.1. The molecule has 2 fully saturated rings. The molecule has 2 aliphatic rings. The number of piperidine rings is 2. The number of nitrogens with zero attached hydrogens (tertiary/aromatic N) is 3. The number of aliphatic hydroxyl groups is 1. The van der Waals surface area contributed by atoms with Crippen LogP contribution in [0.3, 0.4) is 0 Å². The van der Waals surface area contributed by atoms with Crippen LogP contribution in [0.15, 0.2) is 42.6 Å². The molecule has 0 spiro atoms. The van der Waals surface area contributed by atoms with Crippen LogP contribution >= 0.6 is 11.3 Å². The molecule has 0 aliphatic carbocycles. The number of hydrogen-bond donors (Lipinski definition) is 3. The Kier molecular flexibility index (Phi) is 6.03. The molecule has 1 amide bonds. The monoisotopic (exact) mass is 507 g/mol. The van der Waals surface area contributed by atoms with Crippen LogP contribution in [0, 0.1) is 5.82 Å². The summed E-state index contributed by atoms with van der Waals surface area (Å²) in [6.07, 6.45) is 4.90. The molecule has 4 aromatic rings. The molecule has 7 nitrogen and oxygen atoms in total. The van der Waals surface area contributed by atoms with E-state index in [-0.39, 0.29) is 17.8 Å². The molecular weight excluding hydrogens is 477 g/mol. The molecule has 2 saturated heterocycles. The third kappa shape index (κ3) is 4.30. The number of fused-ring (bicyclic) bond motifs is 3. The van der Waals surface area contributed by atoms with Crippen molar-refractivity contribution in [2.24, 2.45) is 0 Å². The molecular formula is C27H30FN5O2S. The van der Waals surface area contributed by atoms with Gasteiger partial charge in [0.25, 0.3) is 5.91 Å². The first-order valence-corrected chi connectivity index (χ1v) is 13.4. The van der Waals surface area contributed by atoms with Gasteiger partial charge in [0.05, 0.1) is 21.5 Å². The van der Waals surface area contributed by atoms with Crippen LogP contribution in [-0.2, 0) is 5.60 Å². The van der Waals surface area contributed by atoms with Crippen molar-refractivity contribution in [3.05, 3.63) is 59.5 Å². The number of rotatable bonds is 4. The number of halogens is 1. The van der Waals surface area contributed by atoms with Gasteiger partial charge in [-0.05, 0) is 94.8 Å². The summed E-state index contributed by atoms with van der Waals surface area (Å²) >= 11 is 1.48. The van der Waals surface area contributed by atoms with Gasteiger partial charge in [0.1, 0.15) is 5.82 Å². The van der Waals surface area contributed by atoms with Gasteiger partial charge in [-0.25, -0.2) is 9.37 Å². The zero-order valence-corrected chi connectivity index (χ0v) is 21.1. The predicted octanol–water partition coefficient (Wildman–Crippen LogP) is 3.75. The van der Waals surface area contributed by atoms with Gasteiger partial charge in [-0.15, -0.1) is 0 Å². The van der Waals surface area contributed by atoms with Crippen LogP contribution in [0.2, 0.25) is 0 Å². The summed E-state index contributed by atoms with van der Waals surface area (Å²) in [5.41, 5.74) is 2.16. The topological polar surface area (TPSA) is 81.9 Å². The number of carbonyl (C=O) groups excluding carboxylic acids is 1. The van der Waals surface area contributed by atoms with Gasteiger partial charge in [0.2, 0.25) is 0 Å². The lowest BCUT2D eigenvalue weighted by Crippen LogP contribution is -2.43. The van der Waals surface area contributed by atoms with Crippen LogP contribution < -0.4 is 10.6 Å². The average Bonchev–Trinajstić information content (AvgIpc) is 3.43. The number of amides is 1. The molecule has 36 heavy (non-hydrogen) atoms. The van der Waals surface area contributed by atoms with Crippen molar-refractivity contribution in [3.8, 4) is 11.3 Å². The number of imidazole rings is 1. The van der Waals surface area contributed by atoms with Crippen molar-refractivity contribution in [1.82, 2.24) is 24.9 Å². The van der Waals surface area contributed by atoms with Crippen LogP contribution in [0.5, 0.6) is 0 Å². The summed E-state index contributed by atoms with van der Waals surface area (Å²) in [4.78, 5) is 20.5. The van der Waals surface area contributed by atoms with Crippen LogP contribution in [0.4, 0.5) is 4.39 Å². The minimum atomic E-state index is -0.993. The fraction of sp³-hybridized carbons (Fsp3) is 0.407. The standard InChI is InChI=1S/C27H30FN5O2S/c1-32-12-6-19(7-13-32)30-25(34)17-2-5-23-24(14-17)36-26-31-22(16-33(23)26)20-4-3-18(15-21(20)28)27(35)8-10-29-11-9-27/h2-5,14-16,19,29,35H,6-13H2,1H3,(H,30,34). The summed E-state index contributed by atoms with van der Waals surface area (Å²) in [6, 6.07) is 10.9. The molecule has 4 heterocycles. The molecule has 0 saturated carbocycles. The van der Waals surface area contributed by atoms with E-state index in [1.807, 2.05) is 34.9 Å². The molecule has 2 aromatic heterocycles. The molecule has 0 atom stereocenters. The maximum atomic E-state index is 15.1. The van der Waals surface area contributed by atoms with E-state index in [0.29, 0.717) is 48.3 Å². The number of likely N-dealkylation sites (tertiary alicyclic amines) is 1. The van der Waals surface area contributed by atoms with E-state index in [2.05, 4.69) is 27.6 Å².